The van der Waals surface area contributed by atoms with Gasteiger partial charge in [-0.05, 0) is 55.4 Å². The number of para-hydroxylation sites is 2. The highest BCUT2D eigenvalue weighted by atomic mass is 16.2. The van der Waals surface area contributed by atoms with Gasteiger partial charge in [0.1, 0.15) is 6.54 Å². The highest BCUT2D eigenvalue weighted by Crippen LogP contribution is 2.37. The molecule has 1 saturated heterocycles. The summed E-state index contributed by atoms with van der Waals surface area (Å²) in [6.07, 6.45) is 5.49. The molecule has 6 heteroatoms. The number of imidazole rings is 1. The van der Waals surface area contributed by atoms with Crippen molar-refractivity contribution in [2.24, 2.45) is 5.73 Å². The fourth-order valence-electron chi connectivity index (χ4n) is 5.46. The van der Waals surface area contributed by atoms with E-state index in [4.69, 9.17) is 5.73 Å². The smallest absolute Gasteiger partial charge is 0.329 e. The summed E-state index contributed by atoms with van der Waals surface area (Å²) in [6, 6.07) is 17.2. The van der Waals surface area contributed by atoms with Crippen molar-refractivity contribution in [1.82, 2.24) is 14.0 Å². The minimum atomic E-state index is -0.495. The highest BCUT2D eigenvalue weighted by Gasteiger charge is 2.31. The topological polar surface area (TPSA) is 73.3 Å². The van der Waals surface area contributed by atoms with E-state index in [1.807, 2.05) is 28.8 Å². The van der Waals surface area contributed by atoms with Gasteiger partial charge in [-0.15, -0.1) is 0 Å². The number of nitrogens with zero attached hydrogens (tertiary/aromatic N) is 3. The van der Waals surface area contributed by atoms with Crippen LogP contribution in [0.5, 0.6) is 0 Å². The van der Waals surface area contributed by atoms with Crippen LogP contribution in [0.4, 0.5) is 0 Å². The molecule has 1 aliphatic heterocycles. The number of carbonyl (C=O) groups is 1. The number of aromatic nitrogens is 2. The number of carbonyl (C=O) groups excluding carboxylic acids is 1. The maximum absolute atomic E-state index is 13.2. The quantitative estimate of drug-likeness (QED) is 0.727. The van der Waals surface area contributed by atoms with E-state index in [2.05, 4.69) is 29.2 Å². The van der Waals surface area contributed by atoms with Gasteiger partial charge in [0.25, 0.3) is 0 Å². The molecule has 0 saturated carbocycles. The lowest BCUT2D eigenvalue weighted by atomic mass is 9.86. The number of likely N-dealkylation sites (tertiary alicyclic amines) is 1. The Hall–Kier alpha value is -2.86. The lowest BCUT2D eigenvalue weighted by molar-refractivity contribution is -0.118. The lowest BCUT2D eigenvalue weighted by Crippen LogP contribution is -2.41. The Bertz CT molecular complexity index is 1140. The van der Waals surface area contributed by atoms with Crippen LogP contribution in [0, 0.1) is 0 Å². The van der Waals surface area contributed by atoms with E-state index in [-0.39, 0.29) is 18.3 Å². The fourth-order valence-corrected chi connectivity index (χ4v) is 5.46. The molecule has 1 atom stereocenters. The molecule has 1 aromatic heterocycles. The second kappa shape index (κ2) is 7.76. The van der Waals surface area contributed by atoms with E-state index in [9.17, 15) is 9.59 Å². The summed E-state index contributed by atoms with van der Waals surface area (Å²) in [5.74, 6) is -0.495. The number of nitrogens with two attached hydrogens (primary N) is 1. The summed E-state index contributed by atoms with van der Waals surface area (Å²) in [5, 5.41) is 0. The van der Waals surface area contributed by atoms with Crippen molar-refractivity contribution in [3.05, 3.63) is 70.1 Å². The number of fused-ring (bicyclic) bond motifs is 2. The van der Waals surface area contributed by atoms with Crippen molar-refractivity contribution in [3.8, 4) is 0 Å². The standard InChI is InChI=1S/C24H28N4O2/c25-23(29)16-27-21-9-3-4-10-22(21)28(24(27)30)18-12-14-26(15-13-18)20-11-5-7-17-6-1-2-8-19(17)20/h1-4,6,8-10,18,20H,5,7,11-16H2,(H2,25,29). The molecular formula is C24H28N4O2. The normalized spacial score (nSPS) is 20.3. The van der Waals surface area contributed by atoms with Gasteiger partial charge < -0.3 is 5.73 Å². The molecule has 1 amide bonds. The van der Waals surface area contributed by atoms with Crippen LogP contribution >= 0.6 is 0 Å². The van der Waals surface area contributed by atoms with Crippen LogP contribution in [0.3, 0.4) is 0 Å². The Morgan fingerprint density at radius 3 is 2.43 bits per heavy atom. The van der Waals surface area contributed by atoms with Gasteiger partial charge in [-0.2, -0.15) is 0 Å². The zero-order chi connectivity index (χ0) is 20.7. The molecule has 2 heterocycles. The Labute approximate surface area is 175 Å². The van der Waals surface area contributed by atoms with E-state index in [1.165, 1.54) is 35.0 Å². The Kier molecular flexibility index (Phi) is 4.95. The molecular weight excluding hydrogens is 376 g/mol. The van der Waals surface area contributed by atoms with Gasteiger partial charge in [0, 0.05) is 25.2 Å². The van der Waals surface area contributed by atoms with E-state index < -0.39 is 5.91 Å². The van der Waals surface area contributed by atoms with Gasteiger partial charge in [-0.3, -0.25) is 18.8 Å². The van der Waals surface area contributed by atoms with Crippen molar-refractivity contribution < 1.29 is 4.79 Å². The molecule has 0 radical (unpaired) electrons. The number of piperidine rings is 1. The van der Waals surface area contributed by atoms with Crippen molar-refractivity contribution in [2.45, 2.75) is 50.7 Å². The van der Waals surface area contributed by atoms with Crippen molar-refractivity contribution >= 4 is 16.9 Å². The third kappa shape index (κ3) is 3.25. The predicted molar refractivity (Wildman–Crippen MR) is 117 cm³/mol. The first-order valence-corrected chi connectivity index (χ1v) is 10.9. The summed E-state index contributed by atoms with van der Waals surface area (Å²) in [6.45, 7) is 1.88. The maximum atomic E-state index is 13.2. The van der Waals surface area contributed by atoms with Crippen molar-refractivity contribution in [3.63, 3.8) is 0 Å². The Morgan fingerprint density at radius 1 is 0.967 bits per heavy atom. The number of benzene rings is 2. The van der Waals surface area contributed by atoms with Gasteiger partial charge in [0.15, 0.2) is 0 Å². The van der Waals surface area contributed by atoms with E-state index >= 15 is 0 Å². The van der Waals surface area contributed by atoms with Crippen LogP contribution < -0.4 is 11.4 Å². The van der Waals surface area contributed by atoms with Crippen LogP contribution in [0.25, 0.3) is 11.0 Å². The van der Waals surface area contributed by atoms with Gasteiger partial charge in [0.2, 0.25) is 5.91 Å². The first-order chi connectivity index (χ1) is 14.6. The summed E-state index contributed by atoms with van der Waals surface area (Å²) < 4.78 is 3.41. The second-order valence-electron chi connectivity index (χ2n) is 8.57. The number of aryl methyl sites for hydroxylation is 1. The first kappa shape index (κ1) is 19.1. The van der Waals surface area contributed by atoms with Gasteiger partial charge in [-0.25, -0.2) is 4.79 Å². The third-order valence-electron chi connectivity index (χ3n) is 6.83. The van der Waals surface area contributed by atoms with Crippen LogP contribution in [-0.2, 0) is 17.8 Å². The monoisotopic (exact) mass is 404 g/mol. The van der Waals surface area contributed by atoms with E-state index in [1.54, 1.807) is 0 Å². The number of hydrogen-bond donors (Lipinski definition) is 1. The molecule has 1 aliphatic carbocycles. The summed E-state index contributed by atoms with van der Waals surface area (Å²) in [7, 11) is 0. The minimum absolute atomic E-state index is 0.0793. The number of hydrogen-bond acceptors (Lipinski definition) is 3. The molecule has 1 fully saturated rings. The van der Waals surface area contributed by atoms with Crippen LogP contribution in [0.2, 0.25) is 0 Å². The number of amides is 1. The molecule has 5 rings (SSSR count). The molecule has 0 spiro atoms. The van der Waals surface area contributed by atoms with Crippen molar-refractivity contribution in [1.29, 1.82) is 0 Å². The third-order valence-corrected chi connectivity index (χ3v) is 6.83. The molecule has 2 aromatic carbocycles. The summed E-state index contributed by atoms with van der Waals surface area (Å²) >= 11 is 0. The molecule has 1 unspecified atom stereocenters. The van der Waals surface area contributed by atoms with E-state index in [0.29, 0.717) is 6.04 Å². The maximum Gasteiger partial charge on any atom is 0.329 e. The van der Waals surface area contributed by atoms with Gasteiger partial charge in [-0.1, -0.05) is 36.4 Å². The van der Waals surface area contributed by atoms with E-state index in [0.717, 1.165) is 37.0 Å². The minimum Gasteiger partial charge on any atom is -0.368 e. The summed E-state index contributed by atoms with van der Waals surface area (Å²) in [5.41, 5.74) is 9.92. The van der Waals surface area contributed by atoms with Crippen LogP contribution in [0.1, 0.15) is 48.9 Å². The molecule has 2 N–H and O–H groups in total. The van der Waals surface area contributed by atoms with Crippen LogP contribution in [-0.4, -0.2) is 33.0 Å². The highest BCUT2D eigenvalue weighted by molar-refractivity contribution is 5.80. The summed E-state index contributed by atoms with van der Waals surface area (Å²) in [4.78, 5) is 27.3. The zero-order valence-corrected chi connectivity index (χ0v) is 17.2. The largest absolute Gasteiger partial charge is 0.368 e. The van der Waals surface area contributed by atoms with Crippen LogP contribution in [0.15, 0.2) is 53.3 Å². The number of primary amides is 1. The molecule has 156 valence electrons. The molecule has 30 heavy (non-hydrogen) atoms. The second-order valence-corrected chi connectivity index (χ2v) is 8.57. The number of rotatable bonds is 4. The first-order valence-electron chi connectivity index (χ1n) is 10.9. The van der Waals surface area contributed by atoms with Crippen molar-refractivity contribution in [2.75, 3.05) is 13.1 Å². The van der Waals surface area contributed by atoms with Gasteiger partial charge >= 0.3 is 5.69 Å². The SMILES string of the molecule is NC(=O)Cn1c(=O)n(C2CCN(C3CCCc4ccccc43)CC2)c2ccccc21. The predicted octanol–water partition coefficient (Wildman–Crippen LogP) is 3.00. The average Bonchev–Trinajstić information content (AvgIpc) is 3.04. The molecule has 2 aliphatic rings. The lowest BCUT2D eigenvalue weighted by Gasteiger charge is -2.40. The van der Waals surface area contributed by atoms with Gasteiger partial charge in [0.05, 0.1) is 11.0 Å². The molecule has 0 bridgehead atoms. The molecule has 6 nitrogen and oxygen atoms in total. The fraction of sp³-hybridized carbons (Fsp3) is 0.417. The molecule has 3 aromatic rings. The Morgan fingerprint density at radius 2 is 1.67 bits per heavy atom. The average molecular weight is 405 g/mol. The zero-order valence-electron chi connectivity index (χ0n) is 17.2. The Balaban J connectivity index is 1.41.